The lowest BCUT2D eigenvalue weighted by Gasteiger charge is -2.29. The van der Waals surface area contributed by atoms with Crippen molar-refractivity contribution in [3.8, 4) is 0 Å². The zero-order valence-corrected chi connectivity index (χ0v) is 11.8. The number of nitrogens with zero attached hydrogens (tertiary/aromatic N) is 3. The van der Waals surface area contributed by atoms with E-state index in [9.17, 15) is 13.2 Å². The largest absolute Gasteiger partial charge is 0.469 e. The van der Waals surface area contributed by atoms with Gasteiger partial charge in [-0.05, 0) is 12.8 Å². The van der Waals surface area contributed by atoms with Gasteiger partial charge in [-0.1, -0.05) is 0 Å². The first-order chi connectivity index (χ1) is 8.95. The van der Waals surface area contributed by atoms with Gasteiger partial charge in [-0.25, -0.2) is 8.42 Å². The summed E-state index contributed by atoms with van der Waals surface area (Å²) in [7, 11) is -0.598. The molecule has 106 valence electrons. The van der Waals surface area contributed by atoms with Gasteiger partial charge >= 0.3 is 5.97 Å². The van der Waals surface area contributed by atoms with E-state index in [0.29, 0.717) is 19.4 Å². The second-order valence-corrected chi connectivity index (χ2v) is 6.51. The van der Waals surface area contributed by atoms with Gasteiger partial charge in [0.15, 0.2) is 0 Å². The van der Waals surface area contributed by atoms with E-state index in [0.717, 1.165) is 0 Å². The fourth-order valence-corrected chi connectivity index (χ4v) is 3.71. The number of rotatable bonds is 3. The summed E-state index contributed by atoms with van der Waals surface area (Å²) in [5.74, 6) is -0.740. The third-order valence-corrected chi connectivity index (χ3v) is 5.06. The average Bonchev–Trinajstić information content (AvgIpc) is 2.85. The van der Waals surface area contributed by atoms with Crippen molar-refractivity contribution in [3.63, 3.8) is 0 Å². The second kappa shape index (κ2) is 5.30. The van der Waals surface area contributed by atoms with Crippen LogP contribution in [-0.2, 0) is 26.6 Å². The molecule has 1 saturated heterocycles. The molecule has 2 rings (SSSR count). The molecular weight excluding hydrogens is 270 g/mol. The van der Waals surface area contributed by atoms with E-state index in [1.165, 1.54) is 28.5 Å². The smallest absolute Gasteiger partial charge is 0.309 e. The van der Waals surface area contributed by atoms with Crippen molar-refractivity contribution < 1.29 is 17.9 Å². The van der Waals surface area contributed by atoms with Crippen molar-refractivity contribution in [1.29, 1.82) is 0 Å². The van der Waals surface area contributed by atoms with Crippen LogP contribution >= 0.6 is 0 Å². The molecule has 0 bridgehead atoms. The van der Waals surface area contributed by atoms with Crippen molar-refractivity contribution in [2.24, 2.45) is 13.0 Å². The minimum Gasteiger partial charge on any atom is -0.469 e. The molecule has 1 fully saturated rings. The molecule has 1 atom stereocenters. The number of esters is 1. The molecule has 7 nitrogen and oxygen atoms in total. The van der Waals surface area contributed by atoms with Crippen LogP contribution in [0.25, 0.3) is 0 Å². The van der Waals surface area contributed by atoms with Crippen LogP contribution in [0.3, 0.4) is 0 Å². The van der Waals surface area contributed by atoms with Gasteiger partial charge < -0.3 is 4.74 Å². The van der Waals surface area contributed by atoms with Gasteiger partial charge in [-0.3, -0.25) is 9.48 Å². The number of ether oxygens (including phenoxy) is 1. The fourth-order valence-electron chi connectivity index (χ4n) is 2.20. The van der Waals surface area contributed by atoms with Crippen LogP contribution in [0.2, 0.25) is 0 Å². The minimum atomic E-state index is -3.57. The van der Waals surface area contributed by atoms with Gasteiger partial charge in [0.05, 0.1) is 19.2 Å². The highest BCUT2D eigenvalue weighted by Gasteiger charge is 2.34. The van der Waals surface area contributed by atoms with Crippen LogP contribution < -0.4 is 0 Å². The molecule has 0 aromatic carbocycles. The topological polar surface area (TPSA) is 81.5 Å². The summed E-state index contributed by atoms with van der Waals surface area (Å²) >= 11 is 0. The zero-order chi connectivity index (χ0) is 14.0. The normalized spacial score (nSPS) is 21.3. The Morgan fingerprint density at radius 1 is 1.53 bits per heavy atom. The number of hydrogen-bond donors (Lipinski definition) is 0. The van der Waals surface area contributed by atoms with Crippen molar-refractivity contribution in [2.75, 3.05) is 20.2 Å². The van der Waals surface area contributed by atoms with Gasteiger partial charge in [0.1, 0.15) is 4.90 Å². The first-order valence-electron chi connectivity index (χ1n) is 6.02. The Morgan fingerprint density at radius 3 is 2.84 bits per heavy atom. The number of aryl methyl sites for hydroxylation is 1. The van der Waals surface area contributed by atoms with E-state index >= 15 is 0 Å². The lowest BCUT2D eigenvalue weighted by molar-refractivity contribution is -0.146. The quantitative estimate of drug-likeness (QED) is 0.731. The monoisotopic (exact) mass is 287 g/mol. The number of methoxy groups -OCH3 is 1. The first kappa shape index (κ1) is 14.0. The van der Waals surface area contributed by atoms with Crippen molar-refractivity contribution >= 4 is 16.0 Å². The molecule has 0 aliphatic carbocycles. The number of sulfonamides is 1. The maximum atomic E-state index is 12.4. The highest BCUT2D eigenvalue weighted by Crippen LogP contribution is 2.24. The van der Waals surface area contributed by atoms with Crippen LogP contribution in [0, 0.1) is 5.92 Å². The summed E-state index contributed by atoms with van der Waals surface area (Å²) in [5.41, 5.74) is 0. The fraction of sp³-hybridized carbons (Fsp3) is 0.636. The summed E-state index contributed by atoms with van der Waals surface area (Å²) in [5, 5.41) is 3.87. The molecule has 8 heteroatoms. The SMILES string of the molecule is COC(=O)[C@H]1CCCN(S(=O)(=O)c2cnn(C)c2)C1. The van der Waals surface area contributed by atoms with E-state index < -0.39 is 10.0 Å². The maximum Gasteiger partial charge on any atom is 0.309 e. The van der Waals surface area contributed by atoms with E-state index in [4.69, 9.17) is 0 Å². The standard InChI is InChI=1S/C11H17N3O4S/c1-13-8-10(6-12-13)19(16,17)14-5-3-4-9(7-14)11(15)18-2/h6,8-9H,3-5,7H2,1-2H3/t9-/m0/s1. The molecule has 0 spiro atoms. The Hall–Kier alpha value is -1.41. The summed E-state index contributed by atoms with van der Waals surface area (Å²) in [6, 6.07) is 0. The predicted molar refractivity (Wildman–Crippen MR) is 66.7 cm³/mol. The molecule has 1 aliphatic heterocycles. The summed E-state index contributed by atoms with van der Waals surface area (Å²) in [4.78, 5) is 11.7. The lowest BCUT2D eigenvalue weighted by atomic mass is 10.0. The van der Waals surface area contributed by atoms with Gasteiger partial charge in [0, 0.05) is 26.3 Å². The van der Waals surface area contributed by atoms with Crippen LogP contribution in [-0.4, -0.2) is 48.7 Å². The van der Waals surface area contributed by atoms with Crippen LogP contribution in [0.5, 0.6) is 0 Å². The number of piperidine rings is 1. The third-order valence-electron chi connectivity index (χ3n) is 3.24. The molecule has 0 saturated carbocycles. The Balaban J connectivity index is 2.19. The van der Waals surface area contributed by atoms with Crippen molar-refractivity contribution in [3.05, 3.63) is 12.4 Å². The Labute approximate surface area is 112 Å². The molecule has 0 radical (unpaired) electrons. The highest BCUT2D eigenvalue weighted by atomic mass is 32.2. The highest BCUT2D eigenvalue weighted by molar-refractivity contribution is 7.89. The Bertz CT molecular complexity index is 566. The molecule has 1 aliphatic rings. The molecule has 0 amide bonds. The number of carbonyl (C=O) groups excluding carboxylic acids is 1. The molecule has 1 aromatic heterocycles. The molecule has 0 unspecified atom stereocenters. The van der Waals surface area contributed by atoms with E-state index in [1.54, 1.807) is 7.05 Å². The predicted octanol–water partition coefficient (Wildman–Crippen LogP) is -0.00620. The van der Waals surface area contributed by atoms with E-state index in [2.05, 4.69) is 9.84 Å². The number of carbonyl (C=O) groups is 1. The van der Waals surface area contributed by atoms with Gasteiger partial charge in [0.25, 0.3) is 0 Å². The summed E-state index contributed by atoms with van der Waals surface area (Å²) < 4.78 is 32.2. The van der Waals surface area contributed by atoms with Gasteiger partial charge in [-0.15, -0.1) is 0 Å². The zero-order valence-electron chi connectivity index (χ0n) is 10.9. The lowest BCUT2D eigenvalue weighted by Crippen LogP contribution is -2.42. The average molecular weight is 287 g/mol. The molecular formula is C11H17N3O4S. The molecule has 1 aromatic rings. The second-order valence-electron chi connectivity index (χ2n) is 4.58. The van der Waals surface area contributed by atoms with Crippen molar-refractivity contribution in [2.45, 2.75) is 17.7 Å². The third kappa shape index (κ3) is 2.79. The van der Waals surface area contributed by atoms with Crippen LogP contribution in [0.15, 0.2) is 17.3 Å². The van der Waals surface area contributed by atoms with Crippen LogP contribution in [0.1, 0.15) is 12.8 Å². The van der Waals surface area contributed by atoms with Crippen molar-refractivity contribution in [1.82, 2.24) is 14.1 Å². The number of hydrogen-bond acceptors (Lipinski definition) is 5. The minimum absolute atomic E-state index is 0.153. The van der Waals surface area contributed by atoms with E-state index in [1.807, 2.05) is 0 Å². The van der Waals surface area contributed by atoms with Crippen LogP contribution in [0.4, 0.5) is 0 Å². The number of aromatic nitrogens is 2. The maximum absolute atomic E-state index is 12.4. The Kier molecular flexibility index (Phi) is 3.91. The Morgan fingerprint density at radius 2 is 2.26 bits per heavy atom. The van der Waals surface area contributed by atoms with E-state index in [-0.39, 0.29) is 23.3 Å². The van der Waals surface area contributed by atoms with Gasteiger partial charge in [-0.2, -0.15) is 9.40 Å². The first-order valence-corrected chi connectivity index (χ1v) is 7.46. The molecule has 0 N–H and O–H groups in total. The molecule has 19 heavy (non-hydrogen) atoms. The van der Waals surface area contributed by atoms with Gasteiger partial charge in [0.2, 0.25) is 10.0 Å². The summed E-state index contributed by atoms with van der Waals surface area (Å²) in [6.45, 7) is 0.592. The summed E-state index contributed by atoms with van der Waals surface area (Å²) in [6.07, 6.45) is 4.08. The molecule has 2 heterocycles.